The van der Waals surface area contributed by atoms with E-state index in [-0.39, 0.29) is 0 Å². The van der Waals surface area contributed by atoms with E-state index in [1.165, 1.54) is 22.3 Å². The number of benzene rings is 9. The first-order valence-corrected chi connectivity index (χ1v) is 21.1. The van der Waals surface area contributed by atoms with Crippen molar-refractivity contribution < 1.29 is 18.0 Å². The average Bonchev–Trinajstić information content (AvgIpc) is 4.13. The second-order valence-electron chi connectivity index (χ2n) is 16.4. The van der Waals surface area contributed by atoms with Gasteiger partial charge in [0.15, 0.2) is 11.2 Å². The lowest BCUT2D eigenvalue weighted by atomic mass is 9.66. The molecule has 0 amide bonds. The monoisotopic (exact) mass is 808 g/mol. The molecule has 1 aliphatic heterocycles. The normalized spacial score (nSPS) is 13.3. The van der Waals surface area contributed by atoms with Crippen molar-refractivity contribution in [1.82, 2.24) is 9.97 Å². The van der Waals surface area contributed by atoms with Crippen LogP contribution in [0.1, 0.15) is 22.3 Å². The molecule has 9 aromatic carbocycles. The zero-order chi connectivity index (χ0) is 41.2. The van der Waals surface area contributed by atoms with Gasteiger partial charge in [-0.1, -0.05) is 109 Å². The highest BCUT2D eigenvalue weighted by Gasteiger charge is 2.51. The van der Waals surface area contributed by atoms with Crippen molar-refractivity contribution in [2.24, 2.45) is 0 Å². The number of hydrogen-bond acceptors (Lipinski definition) is 6. The third kappa shape index (κ3) is 4.94. The highest BCUT2D eigenvalue weighted by molar-refractivity contribution is 6.07. The van der Waals surface area contributed by atoms with Crippen LogP contribution in [0, 0.1) is 0 Å². The molecule has 12 aromatic rings. The molecule has 0 fully saturated rings. The number of oxazole rings is 2. The third-order valence-corrected chi connectivity index (χ3v) is 13.0. The van der Waals surface area contributed by atoms with E-state index in [1.54, 1.807) is 0 Å². The standard InChI is InChI=1S/C57H32N2O4/c1-2-12-43-39(11-1)40-24-21-33(30-46(40)57(43)44-13-3-7-17-49(44)60-50-18-8-4-14-45(50)57)34-22-25-41-42-26-23-35(32-54(42)61-53(41)31-34)36-27-37(55-58-47-15-5-9-19-51(47)62-55)29-38(28-36)56-59-48-16-6-10-20-52(48)63-56/h1-32H. The maximum Gasteiger partial charge on any atom is 0.227 e. The molecule has 3 aromatic heterocycles. The summed E-state index contributed by atoms with van der Waals surface area (Å²) in [6.07, 6.45) is 0. The molecule has 2 aliphatic rings. The summed E-state index contributed by atoms with van der Waals surface area (Å²) in [7, 11) is 0. The van der Waals surface area contributed by atoms with E-state index in [2.05, 4.69) is 140 Å². The van der Waals surface area contributed by atoms with Crippen molar-refractivity contribution in [1.29, 1.82) is 0 Å². The smallest absolute Gasteiger partial charge is 0.227 e. The van der Waals surface area contributed by atoms with Crippen molar-refractivity contribution >= 4 is 44.1 Å². The van der Waals surface area contributed by atoms with Gasteiger partial charge >= 0.3 is 0 Å². The quantitative estimate of drug-likeness (QED) is 0.176. The number of aromatic nitrogens is 2. The minimum atomic E-state index is -0.536. The summed E-state index contributed by atoms with van der Waals surface area (Å²) in [4.78, 5) is 9.68. The van der Waals surface area contributed by atoms with Crippen LogP contribution in [-0.4, -0.2) is 9.97 Å². The Labute approximate surface area is 360 Å². The van der Waals surface area contributed by atoms with E-state index in [1.807, 2.05) is 54.6 Å². The molecule has 1 aliphatic carbocycles. The SMILES string of the molecule is c1ccc2c(c1)Oc1ccccc1C21c2ccccc2-c2ccc(-c3ccc4c(c3)oc3cc(-c5cc(-c6nc7ccccc7o6)cc(-c6nc7ccccc7o6)c5)ccc34)cc21. The molecule has 294 valence electrons. The molecule has 6 nitrogen and oxygen atoms in total. The van der Waals surface area contributed by atoms with Crippen LogP contribution < -0.4 is 4.74 Å². The topological polar surface area (TPSA) is 74.4 Å². The summed E-state index contributed by atoms with van der Waals surface area (Å²) in [6.45, 7) is 0. The lowest BCUT2D eigenvalue weighted by Crippen LogP contribution is -2.32. The highest BCUT2D eigenvalue weighted by atomic mass is 16.5. The van der Waals surface area contributed by atoms with Crippen LogP contribution in [-0.2, 0) is 5.41 Å². The Bertz CT molecular complexity index is 3660. The molecular formula is C57H32N2O4. The van der Waals surface area contributed by atoms with Gasteiger partial charge in [-0.3, -0.25) is 0 Å². The first-order chi connectivity index (χ1) is 31.2. The van der Waals surface area contributed by atoms with Crippen LogP contribution in [0.5, 0.6) is 11.5 Å². The molecule has 0 radical (unpaired) electrons. The predicted molar refractivity (Wildman–Crippen MR) is 248 cm³/mol. The van der Waals surface area contributed by atoms with Gasteiger partial charge in [0.05, 0.1) is 5.41 Å². The molecule has 1 spiro atoms. The van der Waals surface area contributed by atoms with Gasteiger partial charge in [0.1, 0.15) is 33.7 Å². The van der Waals surface area contributed by atoms with Gasteiger partial charge in [0, 0.05) is 33.0 Å². The lowest BCUT2D eigenvalue weighted by Gasteiger charge is -2.39. The largest absolute Gasteiger partial charge is 0.457 e. The predicted octanol–water partition coefficient (Wildman–Crippen LogP) is 15.0. The highest BCUT2D eigenvalue weighted by Crippen LogP contribution is 2.62. The van der Waals surface area contributed by atoms with Crippen LogP contribution in [0.2, 0.25) is 0 Å². The molecule has 6 heteroatoms. The van der Waals surface area contributed by atoms with Gasteiger partial charge in [-0.15, -0.1) is 0 Å². The Balaban J connectivity index is 0.897. The van der Waals surface area contributed by atoms with Crippen LogP contribution in [0.4, 0.5) is 0 Å². The van der Waals surface area contributed by atoms with E-state index < -0.39 is 5.41 Å². The van der Waals surface area contributed by atoms with E-state index in [0.29, 0.717) is 11.8 Å². The molecular weight excluding hydrogens is 777 g/mol. The number of furan rings is 1. The molecule has 0 N–H and O–H groups in total. The van der Waals surface area contributed by atoms with Crippen LogP contribution in [0.3, 0.4) is 0 Å². The summed E-state index contributed by atoms with van der Waals surface area (Å²) in [5.41, 5.74) is 17.2. The summed E-state index contributed by atoms with van der Waals surface area (Å²) in [6, 6.07) is 67.6. The Morgan fingerprint density at radius 2 is 0.794 bits per heavy atom. The molecule has 0 atom stereocenters. The van der Waals surface area contributed by atoms with Crippen molar-refractivity contribution in [3.05, 3.63) is 216 Å². The Hall–Kier alpha value is -8.48. The van der Waals surface area contributed by atoms with Crippen molar-refractivity contribution in [2.75, 3.05) is 0 Å². The minimum absolute atomic E-state index is 0.527. The molecule has 0 saturated carbocycles. The summed E-state index contributed by atoms with van der Waals surface area (Å²) in [5.74, 6) is 2.82. The van der Waals surface area contributed by atoms with Crippen LogP contribution in [0.25, 0.3) is 100 Å². The summed E-state index contributed by atoms with van der Waals surface area (Å²) < 4.78 is 25.9. The fourth-order valence-corrected chi connectivity index (χ4v) is 10.2. The summed E-state index contributed by atoms with van der Waals surface area (Å²) in [5, 5.41) is 2.11. The van der Waals surface area contributed by atoms with E-state index in [9.17, 15) is 0 Å². The van der Waals surface area contributed by atoms with Crippen molar-refractivity contribution in [3.8, 4) is 67.8 Å². The Morgan fingerprint density at radius 1 is 0.317 bits per heavy atom. The second kappa shape index (κ2) is 12.8. The number of para-hydroxylation sites is 6. The fraction of sp³-hybridized carbons (Fsp3) is 0.0175. The molecule has 14 rings (SSSR count). The number of ether oxygens (including phenoxy) is 1. The van der Waals surface area contributed by atoms with Gasteiger partial charge in [0.2, 0.25) is 11.8 Å². The first-order valence-electron chi connectivity index (χ1n) is 21.1. The third-order valence-electron chi connectivity index (χ3n) is 13.0. The number of rotatable bonds is 4. The molecule has 4 heterocycles. The van der Waals surface area contributed by atoms with E-state index in [4.69, 9.17) is 28.0 Å². The fourth-order valence-electron chi connectivity index (χ4n) is 10.2. The maximum absolute atomic E-state index is 6.75. The van der Waals surface area contributed by atoms with Gasteiger partial charge < -0.3 is 18.0 Å². The van der Waals surface area contributed by atoms with Gasteiger partial charge in [-0.05, 0) is 129 Å². The van der Waals surface area contributed by atoms with Gasteiger partial charge in [0.25, 0.3) is 0 Å². The Morgan fingerprint density at radius 3 is 1.41 bits per heavy atom. The molecule has 0 bridgehead atoms. The summed E-state index contributed by atoms with van der Waals surface area (Å²) >= 11 is 0. The van der Waals surface area contributed by atoms with E-state index >= 15 is 0 Å². The zero-order valence-corrected chi connectivity index (χ0v) is 33.5. The first kappa shape index (κ1) is 34.3. The molecule has 63 heavy (non-hydrogen) atoms. The number of fused-ring (bicyclic) bond motifs is 14. The van der Waals surface area contributed by atoms with Crippen LogP contribution in [0.15, 0.2) is 207 Å². The molecule has 0 unspecified atom stereocenters. The van der Waals surface area contributed by atoms with E-state index in [0.717, 1.165) is 100 Å². The number of hydrogen-bond donors (Lipinski definition) is 0. The molecule has 0 saturated heterocycles. The zero-order valence-electron chi connectivity index (χ0n) is 33.5. The van der Waals surface area contributed by atoms with Crippen molar-refractivity contribution in [3.63, 3.8) is 0 Å². The maximum atomic E-state index is 6.75. The minimum Gasteiger partial charge on any atom is -0.457 e. The number of nitrogens with zero attached hydrogens (tertiary/aromatic N) is 2. The second-order valence-corrected chi connectivity index (χ2v) is 16.4. The lowest BCUT2D eigenvalue weighted by molar-refractivity contribution is 0.436. The van der Waals surface area contributed by atoms with Crippen LogP contribution >= 0.6 is 0 Å². The van der Waals surface area contributed by atoms with Gasteiger partial charge in [-0.25, -0.2) is 9.97 Å². The van der Waals surface area contributed by atoms with Crippen molar-refractivity contribution in [2.45, 2.75) is 5.41 Å². The van der Waals surface area contributed by atoms with Gasteiger partial charge in [-0.2, -0.15) is 0 Å². The Kier molecular flexibility index (Phi) is 6.94. The average molecular weight is 809 g/mol.